The summed E-state index contributed by atoms with van der Waals surface area (Å²) in [5, 5.41) is 13.6. The number of carbonyl (C=O) groups is 1. The van der Waals surface area contributed by atoms with Crippen LogP contribution in [0.25, 0.3) is 11.1 Å². The van der Waals surface area contributed by atoms with E-state index in [1.807, 2.05) is 53.7 Å². The van der Waals surface area contributed by atoms with E-state index in [-0.39, 0.29) is 28.5 Å². The zero-order chi connectivity index (χ0) is 33.8. The second kappa shape index (κ2) is 21.5. The summed E-state index contributed by atoms with van der Waals surface area (Å²) in [6.45, 7) is 22.8. The van der Waals surface area contributed by atoms with Gasteiger partial charge in [0.25, 0.3) is 0 Å². The number of thiazole rings is 1. The number of alkyl halides is 1. The van der Waals surface area contributed by atoms with Gasteiger partial charge in [-0.15, -0.1) is 11.3 Å². The maximum absolute atomic E-state index is 15.0. The molecule has 5 nitrogen and oxygen atoms in total. The number of amides is 1. The summed E-state index contributed by atoms with van der Waals surface area (Å²) in [6.07, 6.45) is 3.04. The smallest absolute Gasteiger partial charge is 0.407 e. The van der Waals surface area contributed by atoms with E-state index in [1.165, 1.54) is 17.5 Å². The van der Waals surface area contributed by atoms with Crippen molar-refractivity contribution in [3.8, 4) is 0 Å². The molecule has 10 heteroatoms. The lowest BCUT2D eigenvalue weighted by atomic mass is 9.96. The lowest BCUT2D eigenvalue weighted by Gasteiger charge is -2.19. The Kier molecular flexibility index (Phi) is 19.5. The summed E-state index contributed by atoms with van der Waals surface area (Å²) in [4.78, 5) is 16.7. The van der Waals surface area contributed by atoms with Crippen LogP contribution in [0.1, 0.15) is 59.2 Å². The van der Waals surface area contributed by atoms with Gasteiger partial charge in [0.05, 0.1) is 17.8 Å². The molecule has 0 radical (unpaired) electrons. The van der Waals surface area contributed by atoms with Gasteiger partial charge < -0.3 is 15.3 Å². The van der Waals surface area contributed by atoms with E-state index in [9.17, 15) is 23.1 Å². The van der Waals surface area contributed by atoms with Gasteiger partial charge in [0, 0.05) is 23.2 Å². The summed E-state index contributed by atoms with van der Waals surface area (Å²) in [5.74, 6) is -4.40. The predicted octanol–water partition coefficient (Wildman–Crippen LogP) is 11.1. The Bertz CT molecular complexity index is 1360. The van der Waals surface area contributed by atoms with E-state index in [2.05, 4.69) is 30.0 Å². The lowest BCUT2D eigenvalue weighted by Crippen LogP contribution is -2.33. The number of carboxylic acid groups (broad SMARTS) is 1. The van der Waals surface area contributed by atoms with Crippen molar-refractivity contribution in [2.24, 2.45) is 0 Å². The average Bonchev–Trinajstić information content (AvgIpc) is 3.44. The quantitative estimate of drug-likeness (QED) is 0.164. The minimum Gasteiger partial charge on any atom is -0.465 e. The van der Waals surface area contributed by atoms with Crippen LogP contribution in [0.3, 0.4) is 0 Å². The molecule has 44 heavy (non-hydrogen) atoms. The van der Waals surface area contributed by atoms with Gasteiger partial charge in [0.15, 0.2) is 23.0 Å². The molecular weight excluding hydrogens is 590 g/mol. The molecule has 0 spiro atoms. The number of anilines is 1. The third kappa shape index (κ3) is 13.0. The molecule has 1 aliphatic carbocycles. The summed E-state index contributed by atoms with van der Waals surface area (Å²) >= 11 is 0.999. The molecule has 1 amide bonds. The number of benzene rings is 1. The molecule has 0 saturated heterocycles. The number of allylic oxidation sites excluding steroid dienone is 10. The maximum Gasteiger partial charge on any atom is 0.407 e. The van der Waals surface area contributed by atoms with Gasteiger partial charge in [-0.05, 0) is 38.8 Å². The van der Waals surface area contributed by atoms with Crippen LogP contribution in [-0.4, -0.2) is 40.3 Å². The number of aromatic nitrogens is 1. The Morgan fingerprint density at radius 2 is 1.68 bits per heavy atom. The normalized spacial score (nSPS) is 14.0. The highest BCUT2D eigenvalue weighted by Crippen LogP contribution is 2.43. The number of hydrogen-bond donors (Lipinski definition) is 2. The zero-order valence-electron chi connectivity index (χ0n) is 26.3. The third-order valence-corrected chi connectivity index (χ3v) is 6.14. The minimum absolute atomic E-state index is 0.0140. The highest BCUT2D eigenvalue weighted by Gasteiger charge is 2.31. The van der Waals surface area contributed by atoms with Crippen LogP contribution in [0, 0.1) is 0 Å². The first-order valence-electron chi connectivity index (χ1n) is 14.0. The summed E-state index contributed by atoms with van der Waals surface area (Å²) in [7, 11) is 0. The van der Waals surface area contributed by atoms with Crippen molar-refractivity contribution in [3.63, 3.8) is 0 Å². The van der Waals surface area contributed by atoms with Gasteiger partial charge in [-0.25, -0.2) is 27.3 Å². The van der Waals surface area contributed by atoms with Crippen LogP contribution in [0.15, 0.2) is 109 Å². The molecule has 1 unspecified atom stereocenters. The van der Waals surface area contributed by atoms with Crippen LogP contribution in [0.5, 0.6) is 0 Å². The Morgan fingerprint density at radius 1 is 1.11 bits per heavy atom. The molecule has 0 aliphatic heterocycles. The van der Waals surface area contributed by atoms with E-state index in [4.69, 9.17) is 0 Å². The molecule has 1 aromatic heterocycles. The van der Waals surface area contributed by atoms with Gasteiger partial charge in [-0.1, -0.05) is 94.6 Å². The molecule has 0 fully saturated rings. The van der Waals surface area contributed by atoms with E-state index < -0.39 is 35.3 Å². The highest BCUT2D eigenvalue weighted by atomic mass is 32.1. The van der Waals surface area contributed by atoms with Crippen LogP contribution in [-0.2, 0) is 0 Å². The molecule has 1 atom stereocenters. The van der Waals surface area contributed by atoms with Crippen molar-refractivity contribution < 1.29 is 27.5 Å². The number of hydrogen-bond acceptors (Lipinski definition) is 4. The van der Waals surface area contributed by atoms with Gasteiger partial charge in [-0.2, -0.15) is 0 Å². The van der Waals surface area contributed by atoms with Crippen molar-refractivity contribution in [3.05, 3.63) is 120 Å². The molecule has 3 rings (SSSR count). The van der Waals surface area contributed by atoms with E-state index >= 15 is 4.39 Å². The first-order chi connectivity index (χ1) is 20.9. The van der Waals surface area contributed by atoms with Crippen LogP contribution in [0.2, 0.25) is 0 Å². The van der Waals surface area contributed by atoms with E-state index in [0.29, 0.717) is 24.7 Å². The number of halogens is 4. The standard InChI is InChI=1S/C23H21F4N3O2S.C5H8.C4H8.C2H6/c1-3-9-30(23(31)32)11-13(2)28-22-29-17(12-33-22)19-18(14-7-5-4-6-8-14)15(24)10-16(25)20(26)21(19)27;1-4-5(2)3;1-3-4-2;1-2/h4-8,10,12,16H,2-3,9,11H2,1H3,(H,28,29)(H,31,32);4H,1-2H2,3H3;3-4H,1-2H3;1-2H3/b;;4-3-;. The van der Waals surface area contributed by atoms with Gasteiger partial charge in [0.2, 0.25) is 0 Å². The topological polar surface area (TPSA) is 65.5 Å². The number of rotatable bonds is 9. The van der Waals surface area contributed by atoms with Gasteiger partial charge in [-0.3, -0.25) is 0 Å². The SMILES string of the molecule is C/C=C\C.C=C(CN(CCC)C(=O)O)Nc1nc(C2=C(c3ccccc3)C(F)=CC(F)C(F)=C2F)cs1.C=CC(=C)C.CC. The molecule has 0 bridgehead atoms. The highest BCUT2D eigenvalue weighted by molar-refractivity contribution is 7.13. The van der Waals surface area contributed by atoms with Crippen molar-refractivity contribution in [2.75, 3.05) is 18.4 Å². The summed E-state index contributed by atoms with van der Waals surface area (Å²) in [6, 6.07) is 7.83. The van der Waals surface area contributed by atoms with Crippen molar-refractivity contribution in [2.45, 2.75) is 54.1 Å². The zero-order valence-corrected chi connectivity index (χ0v) is 27.1. The Morgan fingerprint density at radius 3 is 2.16 bits per heavy atom. The fraction of sp³-hybridized carbons (Fsp3) is 0.294. The van der Waals surface area contributed by atoms with Crippen LogP contribution >= 0.6 is 11.3 Å². The molecule has 0 saturated carbocycles. The van der Waals surface area contributed by atoms with E-state index in [1.54, 1.807) is 24.3 Å². The van der Waals surface area contributed by atoms with Gasteiger partial charge >= 0.3 is 6.09 Å². The minimum atomic E-state index is -2.57. The molecule has 1 aromatic carbocycles. The first kappa shape index (κ1) is 39.8. The Hall–Kier alpha value is -4.18. The summed E-state index contributed by atoms with van der Waals surface area (Å²) in [5.41, 5.74) is 0.608. The molecular formula is C34H43F4N3O2S. The molecule has 2 N–H and O–H groups in total. The monoisotopic (exact) mass is 633 g/mol. The van der Waals surface area contributed by atoms with Gasteiger partial charge in [0.1, 0.15) is 5.83 Å². The fourth-order valence-corrected chi connectivity index (χ4v) is 4.01. The van der Waals surface area contributed by atoms with Crippen molar-refractivity contribution >= 4 is 33.7 Å². The summed E-state index contributed by atoms with van der Waals surface area (Å²) < 4.78 is 58.3. The second-order valence-corrected chi connectivity index (χ2v) is 9.74. The van der Waals surface area contributed by atoms with Crippen molar-refractivity contribution in [1.29, 1.82) is 0 Å². The lowest BCUT2D eigenvalue weighted by molar-refractivity contribution is 0.149. The fourth-order valence-electron chi connectivity index (χ4n) is 3.26. The Labute approximate surface area is 263 Å². The van der Waals surface area contributed by atoms with Crippen LogP contribution < -0.4 is 5.32 Å². The molecule has 240 valence electrons. The second-order valence-electron chi connectivity index (χ2n) is 8.88. The molecule has 1 heterocycles. The third-order valence-electron chi connectivity index (χ3n) is 5.39. The first-order valence-corrected chi connectivity index (χ1v) is 14.9. The average molecular weight is 634 g/mol. The maximum atomic E-state index is 15.0. The number of nitrogens with one attached hydrogen (secondary N) is 1. The van der Waals surface area contributed by atoms with Crippen LogP contribution in [0.4, 0.5) is 27.5 Å². The van der Waals surface area contributed by atoms with Crippen molar-refractivity contribution in [1.82, 2.24) is 9.88 Å². The number of nitrogens with zero attached hydrogens (tertiary/aromatic N) is 2. The predicted molar refractivity (Wildman–Crippen MR) is 178 cm³/mol. The molecule has 2 aromatic rings. The largest absolute Gasteiger partial charge is 0.465 e. The Balaban J connectivity index is 0.00000145. The molecule has 1 aliphatic rings. The van der Waals surface area contributed by atoms with E-state index in [0.717, 1.165) is 21.8 Å².